The number of nitrogens with zero attached hydrogens (tertiary/aromatic N) is 5. The molecule has 0 radical (unpaired) electrons. The lowest BCUT2D eigenvalue weighted by atomic mass is 9.95. The zero-order chi connectivity index (χ0) is 28.8. The quantitative estimate of drug-likeness (QED) is 0.371. The lowest BCUT2D eigenvalue weighted by Gasteiger charge is -2.48. The Balaban J connectivity index is 1.41. The number of nitrogens with one attached hydrogen (secondary N) is 1. The van der Waals surface area contributed by atoms with Gasteiger partial charge in [-0.05, 0) is 37.0 Å². The molecule has 0 unspecified atom stereocenters. The van der Waals surface area contributed by atoms with Crippen molar-refractivity contribution in [3.05, 3.63) is 45.7 Å². The van der Waals surface area contributed by atoms with Crippen LogP contribution in [0.2, 0.25) is 10.2 Å². The fourth-order valence-electron chi connectivity index (χ4n) is 5.67. The molecule has 0 bridgehead atoms. The van der Waals surface area contributed by atoms with Gasteiger partial charge in [0.05, 0.1) is 13.7 Å². The standard InChI is InChI=1S/C27H37Cl2N7O4/c1-3-19-16-35(25-23(29)32-21(24(30)33-25)26(38)31-10-15-37)13-14-36(19)20-8-11-34(12-9-20)22(27(39)40-2)17-4-6-18(28)7-5-17/h4-7,19-20,22,37H,3,8-16H2,1-2H3,(H2,30,33)(H,31,38)/t19-,22-/m0/s1. The van der Waals surface area contributed by atoms with Crippen LogP contribution < -0.4 is 16.0 Å². The number of carbonyl (C=O) groups is 2. The highest BCUT2D eigenvalue weighted by atomic mass is 35.5. The molecular formula is C27H37Cl2N7O4. The third kappa shape index (κ3) is 6.77. The molecule has 4 N–H and O–H groups in total. The van der Waals surface area contributed by atoms with Crippen molar-refractivity contribution in [2.45, 2.75) is 44.3 Å². The normalized spacial score (nSPS) is 19.8. The van der Waals surface area contributed by atoms with Crippen molar-refractivity contribution in [1.29, 1.82) is 0 Å². The van der Waals surface area contributed by atoms with Crippen molar-refractivity contribution < 1.29 is 19.4 Å². The molecule has 2 fully saturated rings. The number of carbonyl (C=O) groups excluding carboxylic acids is 2. The van der Waals surface area contributed by atoms with E-state index in [2.05, 4.69) is 36.9 Å². The molecule has 2 atom stereocenters. The average molecular weight is 595 g/mol. The molecule has 2 aliphatic heterocycles. The van der Waals surface area contributed by atoms with Gasteiger partial charge in [0.15, 0.2) is 22.5 Å². The van der Waals surface area contributed by atoms with E-state index < -0.39 is 11.9 Å². The molecule has 1 aromatic carbocycles. The molecule has 11 nitrogen and oxygen atoms in total. The highest BCUT2D eigenvalue weighted by molar-refractivity contribution is 6.32. The summed E-state index contributed by atoms with van der Waals surface area (Å²) in [5.74, 6) is -0.330. The van der Waals surface area contributed by atoms with Crippen LogP contribution in [-0.4, -0.2) is 102 Å². The minimum atomic E-state index is -0.527. The summed E-state index contributed by atoms with van der Waals surface area (Å²) in [7, 11) is 1.42. The van der Waals surface area contributed by atoms with E-state index in [0.29, 0.717) is 30.0 Å². The van der Waals surface area contributed by atoms with Gasteiger partial charge >= 0.3 is 5.97 Å². The van der Waals surface area contributed by atoms with Crippen molar-refractivity contribution in [3.8, 4) is 0 Å². The van der Waals surface area contributed by atoms with Crippen LogP contribution >= 0.6 is 23.2 Å². The van der Waals surface area contributed by atoms with Crippen LogP contribution in [0, 0.1) is 0 Å². The summed E-state index contributed by atoms with van der Waals surface area (Å²) in [6.45, 7) is 5.82. The Morgan fingerprint density at radius 3 is 2.48 bits per heavy atom. The molecule has 218 valence electrons. The van der Waals surface area contributed by atoms with Gasteiger partial charge in [0.2, 0.25) is 0 Å². The summed E-state index contributed by atoms with van der Waals surface area (Å²) in [6, 6.07) is 7.57. The number of piperidine rings is 1. The van der Waals surface area contributed by atoms with E-state index in [0.717, 1.165) is 44.5 Å². The van der Waals surface area contributed by atoms with E-state index in [4.69, 9.17) is 38.8 Å². The Hall–Kier alpha value is -2.70. The molecule has 2 aliphatic rings. The van der Waals surface area contributed by atoms with Gasteiger partial charge in [-0.2, -0.15) is 0 Å². The number of aromatic nitrogens is 2. The summed E-state index contributed by atoms with van der Waals surface area (Å²) in [5.41, 5.74) is 6.89. The van der Waals surface area contributed by atoms with E-state index >= 15 is 0 Å². The highest BCUT2D eigenvalue weighted by Crippen LogP contribution is 2.32. The second kappa shape index (κ2) is 13.8. The van der Waals surface area contributed by atoms with Crippen molar-refractivity contribution in [2.75, 3.05) is 63.6 Å². The number of rotatable bonds is 9. The Labute approximate surface area is 244 Å². The Morgan fingerprint density at radius 2 is 1.85 bits per heavy atom. The second-order valence-electron chi connectivity index (χ2n) is 10.0. The number of hydrogen-bond acceptors (Lipinski definition) is 10. The summed E-state index contributed by atoms with van der Waals surface area (Å²) >= 11 is 12.5. The minimum Gasteiger partial charge on any atom is -0.468 e. The van der Waals surface area contributed by atoms with Crippen LogP contribution in [0.15, 0.2) is 24.3 Å². The van der Waals surface area contributed by atoms with E-state index in [-0.39, 0.29) is 41.8 Å². The summed E-state index contributed by atoms with van der Waals surface area (Å²) in [6.07, 6.45) is 2.81. The fraction of sp³-hybridized carbons (Fsp3) is 0.556. The van der Waals surface area contributed by atoms with Crippen LogP contribution in [0.1, 0.15) is 48.3 Å². The van der Waals surface area contributed by atoms with Crippen LogP contribution in [0.5, 0.6) is 0 Å². The number of aliphatic hydroxyl groups excluding tert-OH is 1. The van der Waals surface area contributed by atoms with E-state index in [9.17, 15) is 9.59 Å². The molecule has 3 heterocycles. The fourth-order valence-corrected chi connectivity index (χ4v) is 6.05. The van der Waals surface area contributed by atoms with Crippen molar-refractivity contribution >= 4 is 46.7 Å². The van der Waals surface area contributed by atoms with Gasteiger partial charge in [-0.3, -0.25) is 14.6 Å². The molecule has 0 aliphatic carbocycles. The maximum Gasteiger partial charge on any atom is 0.327 e. The van der Waals surface area contributed by atoms with Gasteiger partial charge in [-0.1, -0.05) is 42.3 Å². The lowest BCUT2D eigenvalue weighted by molar-refractivity contribution is -0.148. The summed E-state index contributed by atoms with van der Waals surface area (Å²) in [4.78, 5) is 40.5. The predicted octanol–water partition coefficient (Wildman–Crippen LogP) is 2.37. The Kier molecular flexibility index (Phi) is 10.4. The first-order chi connectivity index (χ1) is 19.3. The van der Waals surface area contributed by atoms with E-state index in [1.165, 1.54) is 7.11 Å². The van der Waals surface area contributed by atoms with Gasteiger partial charge < -0.3 is 25.8 Å². The van der Waals surface area contributed by atoms with Crippen LogP contribution in [-0.2, 0) is 9.53 Å². The lowest BCUT2D eigenvalue weighted by Crippen LogP contribution is -2.59. The first-order valence-electron chi connectivity index (χ1n) is 13.6. The number of ether oxygens (including phenoxy) is 1. The number of aliphatic hydroxyl groups is 1. The SMILES string of the molecule is CC[C@H]1CN(c2nc(N)c(C(=O)NCCO)nc2Cl)CCN1C1CCN([C@H](C(=O)OC)c2ccc(Cl)cc2)CC1. The van der Waals surface area contributed by atoms with Crippen molar-refractivity contribution in [1.82, 2.24) is 25.1 Å². The van der Waals surface area contributed by atoms with Crippen LogP contribution in [0.4, 0.5) is 11.6 Å². The van der Waals surface area contributed by atoms with Crippen LogP contribution in [0.3, 0.4) is 0 Å². The molecule has 0 spiro atoms. The molecule has 1 amide bonds. The zero-order valence-corrected chi connectivity index (χ0v) is 24.4. The van der Waals surface area contributed by atoms with Crippen LogP contribution in [0.25, 0.3) is 0 Å². The summed E-state index contributed by atoms with van der Waals surface area (Å²) < 4.78 is 5.14. The topological polar surface area (TPSA) is 137 Å². The smallest absolute Gasteiger partial charge is 0.327 e. The number of benzene rings is 1. The third-order valence-electron chi connectivity index (χ3n) is 7.72. The Morgan fingerprint density at radius 1 is 1.15 bits per heavy atom. The number of piperazine rings is 1. The molecule has 1 aromatic heterocycles. The third-order valence-corrected chi connectivity index (χ3v) is 8.22. The second-order valence-corrected chi connectivity index (χ2v) is 10.8. The zero-order valence-electron chi connectivity index (χ0n) is 22.9. The van der Waals surface area contributed by atoms with Gasteiger partial charge in [0, 0.05) is 56.4 Å². The molecule has 4 rings (SSSR count). The predicted molar refractivity (Wildman–Crippen MR) is 155 cm³/mol. The summed E-state index contributed by atoms with van der Waals surface area (Å²) in [5, 5.41) is 12.2. The number of hydrogen-bond donors (Lipinski definition) is 3. The highest BCUT2D eigenvalue weighted by Gasteiger charge is 2.37. The van der Waals surface area contributed by atoms with Gasteiger partial charge in [0.1, 0.15) is 6.04 Å². The van der Waals surface area contributed by atoms with Gasteiger partial charge in [-0.15, -0.1) is 0 Å². The molecular weight excluding hydrogens is 557 g/mol. The van der Waals surface area contributed by atoms with Gasteiger partial charge in [0.25, 0.3) is 5.91 Å². The maximum atomic E-state index is 12.7. The Bertz CT molecular complexity index is 1180. The monoisotopic (exact) mass is 593 g/mol. The molecule has 2 saturated heterocycles. The maximum absolute atomic E-state index is 12.7. The molecule has 2 aromatic rings. The number of nitrogen functional groups attached to an aromatic ring is 1. The first-order valence-corrected chi connectivity index (χ1v) is 14.3. The van der Waals surface area contributed by atoms with Crippen molar-refractivity contribution in [2.24, 2.45) is 0 Å². The van der Waals surface area contributed by atoms with Gasteiger partial charge in [-0.25, -0.2) is 14.8 Å². The molecule has 0 saturated carbocycles. The van der Waals surface area contributed by atoms with E-state index in [1.807, 2.05) is 12.1 Å². The number of methoxy groups -OCH3 is 1. The molecule has 13 heteroatoms. The van der Waals surface area contributed by atoms with Crippen molar-refractivity contribution in [3.63, 3.8) is 0 Å². The van der Waals surface area contributed by atoms with E-state index in [1.54, 1.807) is 12.1 Å². The largest absolute Gasteiger partial charge is 0.468 e. The number of nitrogens with two attached hydrogens (primary N) is 1. The number of halogens is 2. The average Bonchev–Trinajstić information content (AvgIpc) is 2.97. The number of esters is 1. The number of amides is 1. The number of anilines is 2. The molecule has 40 heavy (non-hydrogen) atoms. The minimum absolute atomic E-state index is 0.00135. The number of likely N-dealkylation sites (tertiary alicyclic amines) is 1. The first kappa shape index (κ1) is 30.3.